The van der Waals surface area contributed by atoms with Crippen molar-refractivity contribution in [2.45, 2.75) is 76.0 Å². The topological polar surface area (TPSA) is 153 Å². The molecule has 0 unspecified atom stereocenters. The summed E-state index contributed by atoms with van der Waals surface area (Å²) in [6.07, 6.45) is -5.19. The molecule has 1 aromatic carbocycles. The number of rotatable bonds is 7. The fraction of sp³-hybridized carbons (Fsp3) is 0.583. The molecular weight excluding hydrogens is 479 g/mol. The van der Waals surface area contributed by atoms with Gasteiger partial charge in [-0.2, -0.15) is 0 Å². The number of hydrogen-bond acceptors (Lipinski definition) is 10. The zero-order valence-electron chi connectivity index (χ0n) is 20.3. The summed E-state index contributed by atoms with van der Waals surface area (Å²) in [5.74, 6) is -3.30. The number of benzene rings is 1. The number of methoxy groups -OCH3 is 1. The highest BCUT2D eigenvalue weighted by atomic mass is 19.1. The number of aromatic nitrogens is 2. The Morgan fingerprint density at radius 3 is 2.58 bits per heavy atom. The van der Waals surface area contributed by atoms with Crippen LogP contribution in [0.15, 0.2) is 18.2 Å². The smallest absolute Gasteiger partial charge is 0.438 e. The number of aryl methyl sites for hydroxylation is 1. The summed E-state index contributed by atoms with van der Waals surface area (Å²) in [5.41, 5.74) is 2.39. The molecule has 4 rings (SSSR count). The predicted octanol–water partition coefficient (Wildman–Crippen LogP) is 1.24. The van der Waals surface area contributed by atoms with Crippen LogP contribution in [0.1, 0.15) is 47.7 Å². The van der Waals surface area contributed by atoms with Crippen molar-refractivity contribution in [2.24, 2.45) is 0 Å². The molecule has 1 aliphatic carbocycles. The predicted molar refractivity (Wildman–Crippen MR) is 121 cm³/mol. The van der Waals surface area contributed by atoms with Crippen LogP contribution in [0.25, 0.3) is 0 Å². The van der Waals surface area contributed by atoms with Crippen molar-refractivity contribution in [1.82, 2.24) is 9.78 Å². The molecule has 0 spiro atoms. The minimum Gasteiger partial charge on any atom is -0.438 e. The second-order valence-electron chi connectivity index (χ2n) is 9.24. The molecule has 12 heteroatoms. The van der Waals surface area contributed by atoms with Gasteiger partial charge in [0.15, 0.2) is 6.10 Å². The Labute approximate surface area is 207 Å². The average Bonchev–Trinajstić information content (AvgIpc) is 3.09. The summed E-state index contributed by atoms with van der Waals surface area (Å²) in [7, 11) is 1.08. The maximum Gasteiger partial charge on any atom is 0.508 e. The summed E-state index contributed by atoms with van der Waals surface area (Å²) < 4.78 is 36.2. The lowest BCUT2D eigenvalue weighted by Crippen LogP contribution is -2.67. The molecule has 2 heterocycles. The van der Waals surface area contributed by atoms with Gasteiger partial charge in [-0.15, -0.1) is 5.10 Å². The number of nitrogens with zero attached hydrogens (tertiary/aromatic N) is 2. The van der Waals surface area contributed by atoms with E-state index in [0.717, 1.165) is 32.1 Å². The Morgan fingerprint density at radius 1 is 1.25 bits per heavy atom. The highest BCUT2D eigenvalue weighted by Crippen LogP contribution is 2.38. The van der Waals surface area contributed by atoms with Gasteiger partial charge in [-0.25, -0.2) is 9.18 Å². The second-order valence-corrected chi connectivity index (χ2v) is 9.24. The van der Waals surface area contributed by atoms with Crippen LogP contribution in [0.4, 0.5) is 9.18 Å². The number of halogens is 1. The second kappa shape index (κ2) is 10.3. The largest absolute Gasteiger partial charge is 0.508 e. The Kier molecular flexibility index (Phi) is 7.53. The van der Waals surface area contributed by atoms with Crippen LogP contribution in [0.5, 0.6) is 5.88 Å². The van der Waals surface area contributed by atoms with Crippen molar-refractivity contribution in [3.8, 4) is 5.88 Å². The standard InChI is InChI=1S/C24H31FN2O9/c1-12-7-8-14(10-17(12)25)9-16-13(2)27(15-5-4-6-15)26-22(16)36-24(32)21(30)20(29)19(28)18(35-24)11-34-23(31)33-3/h7-8,10,15,18-21,28-30,32H,4-6,9,11H2,1-3H3/t18-,19-,20+,21-,24-/m1/s1. The molecule has 0 radical (unpaired) electrons. The van der Waals surface area contributed by atoms with Crippen molar-refractivity contribution in [2.75, 3.05) is 13.7 Å². The van der Waals surface area contributed by atoms with E-state index in [9.17, 15) is 29.6 Å². The fourth-order valence-corrected chi connectivity index (χ4v) is 4.29. The molecule has 1 saturated carbocycles. The third-order valence-corrected chi connectivity index (χ3v) is 6.80. The van der Waals surface area contributed by atoms with Crippen LogP contribution in [0.3, 0.4) is 0 Å². The number of ether oxygens (including phenoxy) is 4. The summed E-state index contributed by atoms with van der Waals surface area (Å²) in [5, 5.41) is 46.8. The number of hydrogen-bond donors (Lipinski definition) is 4. The summed E-state index contributed by atoms with van der Waals surface area (Å²) in [6, 6.07) is 4.95. The summed E-state index contributed by atoms with van der Waals surface area (Å²) >= 11 is 0. The lowest BCUT2D eigenvalue weighted by molar-refractivity contribution is -0.423. The van der Waals surface area contributed by atoms with Gasteiger partial charge >= 0.3 is 12.1 Å². The maximum absolute atomic E-state index is 14.2. The zero-order valence-corrected chi connectivity index (χ0v) is 20.3. The van der Waals surface area contributed by atoms with E-state index >= 15 is 0 Å². The zero-order chi connectivity index (χ0) is 26.2. The number of carbonyl (C=O) groups excluding carboxylic acids is 1. The summed E-state index contributed by atoms with van der Waals surface area (Å²) in [4.78, 5) is 11.3. The molecule has 5 atom stereocenters. The van der Waals surface area contributed by atoms with E-state index in [4.69, 9.17) is 14.2 Å². The molecule has 2 fully saturated rings. The molecule has 0 amide bonds. The molecule has 2 aromatic rings. The molecule has 1 aromatic heterocycles. The Balaban J connectivity index is 1.65. The van der Waals surface area contributed by atoms with Gasteiger partial charge in [-0.05, 0) is 50.3 Å². The van der Waals surface area contributed by atoms with Gasteiger partial charge in [0.2, 0.25) is 5.88 Å². The van der Waals surface area contributed by atoms with Crippen molar-refractivity contribution < 1.29 is 48.6 Å². The third kappa shape index (κ3) is 5.04. The van der Waals surface area contributed by atoms with E-state index in [2.05, 4.69) is 9.84 Å². The van der Waals surface area contributed by atoms with Crippen LogP contribution in [0, 0.1) is 19.7 Å². The van der Waals surface area contributed by atoms with E-state index in [1.165, 1.54) is 6.07 Å². The van der Waals surface area contributed by atoms with Crippen molar-refractivity contribution in [3.05, 3.63) is 46.4 Å². The molecule has 36 heavy (non-hydrogen) atoms. The van der Waals surface area contributed by atoms with Crippen LogP contribution in [-0.2, 0) is 20.6 Å². The molecule has 11 nitrogen and oxygen atoms in total. The lowest BCUT2D eigenvalue weighted by Gasteiger charge is -2.44. The Morgan fingerprint density at radius 2 is 1.97 bits per heavy atom. The molecule has 0 bridgehead atoms. The van der Waals surface area contributed by atoms with E-state index in [-0.39, 0.29) is 24.2 Å². The molecule has 1 aliphatic heterocycles. The van der Waals surface area contributed by atoms with Crippen molar-refractivity contribution >= 4 is 6.16 Å². The van der Waals surface area contributed by atoms with Crippen LogP contribution >= 0.6 is 0 Å². The van der Waals surface area contributed by atoms with Gasteiger partial charge in [0.1, 0.15) is 30.7 Å². The van der Waals surface area contributed by atoms with E-state index in [0.29, 0.717) is 16.7 Å². The Hall–Kier alpha value is -2.77. The van der Waals surface area contributed by atoms with E-state index in [1.54, 1.807) is 23.7 Å². The van der Waals surface area contributed by atoms with Gasteiger partial charge in [0, 0.05) is 17.7 Å². The normalized spacial score (nSPS) is 28.4. The number of carbonyl (C=O) groups is 1. The average molecular weight is 511 g/mol. The highest BCUT2D eigenvalue weighted by Gasteiger charge is 2.56. The third-order valence-electron chi connectivity index (χ3n) is 6.80. The van der Waals surface area contributed by atoms with E-state index < -0.39 is 43.2 Å². The quantitative estimate of drug-likeness (QED) is 0.316. The van der Waals surface area contributed by atoms with Crippen molar-refractivity contribution in [3.63, 3.8) is 0 Å². The Bertz CT molecular complexity index is 1110. The maximum atomic E-state index is 14.2. The number of aliphatic hydroxyl groups excluding tert-OH is 3. The van der Waals surface area contributed by atoms with Crippen LogP contribution < -0.4 is 4.74 Å². The van der Waals surface area contributed by atoms with Gasteiger partial charge in [0.25, 0.3) is 0 Å². The van der Waals surface area contributed by atoms with Gasteiger partial charge in [-0.1, -0.05) is 12.1 Å². The summed E-state index contributed by atoms with van der Waals surface area (Å²) in [6.45, 7) is 2.88. The molecule has 1 saturated heterocycles. The first kappa shape index (κ1) is 26.3. The number of aliphatic hydroxyl groups is 4. The highest BCUT2D eigenvalue weighted by molar-refractivity contribution is 5.59. The van der Waals surface area contributed by atoms with Crippen LogP contribution in [0.2, 0.25) is 0 Å². The fourth-order valence-electron chi connectivity index (χ4n) is 4.29. The SMILES string of the molecule is COC(=O)OC[C@H]1O[C@@](O)(Oc2nn(C3CCC3)c(C)c2Cc2ccc(C)c(F)c2)[C@H](O)[C@@H](O)[C@@H]1O. The van der Waals surface area contributed by atoms with Gasteiger partial charge in [0.05, 0.1) is 13.2 Å². The molecule has 198 valence electrons. The minimum atomic E-state index is -2.85. The van der Waals surface area contributed by atoms with E-state index in [1.807, 2.05) is 6.92 Å². The molecule has 2 aliphatic rings. The molecular formula is C24H31FN2O9. The van der Waals surface area contributed by atoms with Crippen LogP contribution in [-0.4, -0.2) is 80.5 Å². The molecule has 4 N–H and O–H groups in total. The van der Waals surface area contributed by atoms with Gasteiger partial charge in [-0.3, -0.25) is 4.68 Å². The first-order chi connectivity index (χ1) is 17.0. The minimum absolute atomic E-state index is 0.0850. The first-order valence-corrected chi connectivity index (χ1v) is 11.7. The lowest BCUT2D eigenvalue weighted by atomic mass is 9.93. The first-order valence-electron chi connectivity index (χ1n) is 11.7. The monoisotopic (exact) mass is 510 g/mol. The van der Waals surface area contributed by atoms with Gasteiger partial charge < -0.3 is 39.4 Å². The van der Waals surface area contributed by atoms with Crippen molar-refractivity contribution in [1.29, 1.82) is 0 Å².